The van der Waals surface area contributed by atoms with Crippen molar-refractivity contribution in [1.82, 2.24) is 20.3 Å². The molecule has 0 aliphatic heterocycles. The number of rotatable bonds is 7. The number of para-hydroxylation sites is 1. The van der Waals surface area contributed by atoms with Gasteiger partial charge in [-0.05, 0) is 51.5 Å². The molecule has 3 N–H and O–H groups in total. The van der Waals surface area contributed by atoms with Crippen LogP contribution in [0.25, 0.3) is 10.9 Å². The Morgan fingerprint density at radius 3 is 2.58 bits per heavy atom. The lowest BCUT2D eigenvalue weighted by atomic mass is 10.0. The first-order valence-electron chi connectivity index (χ1n) is 10.9. The highest BCUT2D eigenvalue weighted by Gasteiger charge is 2.32. The molecule has 0 radical (unpaired) electrons. The molecule has 33 heavy (non-hydrogen) atoms. The van der Waals surface area contributed by atoms with Crippen LogP contribution >= 0.6 is 0 Å². The van der Waals surface area contributed by atoms with Gasteiger partial charge in [0.2, 0.25) is 0 Å². The number of carbonyl (C=O) groups is 1. The van der Waals surface area contributed by atoms with Gasteiger partial charge in [0.1, 0.15) is 11.6 Å². The number of H-pyrrole nitrogens is 2. The number of ether oxygens (including phenoxy) is 1. The fourth-order valence-corrected chi connectivity index (χ4v) is 3.81. The van der Waals surface area contributed by atoms with E-state index in [-0.39, 0.29) is 11.5 Å². The second-order valence-corrected chi connectivity index (χ2v) is 8.77. The molecular formula is C26H28N4O3. The molecule has 7 heteroatoms. The number of aryl methyl sites for hydroxylation is 2. The van der Waals surface area contributed by atoms with Crippen LogP contribution in [0.1, 0.15) is 42.5 Å². The summed E-state index contributed by atoms with van der Waals surface area (Å²) in [6, 6.07) is 16.4. The van der Waals surface area contributed by atoms with Crippen LogP contribution < -0.4 is 15.6 Å². The molecule has 0 saturated carbocycles. The summed E-state index contributed by atoms with van der Waals surface area (Å²) < 4.78 is 6.00. The third-order valence-corrected chi connectivity index (χ3v) is 5.58. The monoisotopic (exact) mass is 444 g/mol. The van der Waals surface area contributed by atoms with Crippen LogP contribution in [-0.2, 0) is 11.2 Å². The molecule has 0 fully saturated rings. The molecule has 7 nitrogen and oxygen atoms in total. The molecule has 2 heterocycles. The summed E-state index contributed by atoms with van der Waals surface area (Å²) in [5.41, 5.74) is 2.25. The molecule has 2 aromatic carbocycles. The Morgan fingerprint density at radius 1 is 1.12 bits per heavy atom. The molecule has 0 spiro atoms. The van der Waals surface area contributed by atoms with Crippen molar-refractivity contribution in [2.24, 2.45) is 0 Å². The number of carbonyl (C=O) groups excluding carboxylic acids is 1. The van der Waals surface area contributed by atoms with Crippen molar-refractivity contribution in [1.29, 1.82) is 0 Å². The fraction of sp³-hybridized carbons (Fsp3) is 0.269. The Hall–Kier alpha value is -3.87. The number of amides is 1. The second kappa shape index (κ2) is 8.94. The van der Waals surface area contributed by atoms with Gasteiger partial charge in [-0.1, -0.05) is 35.9 Å². The molecule has 0 aliphatic rings. The van der Waals surface area contributed by atoms with Gasteiger partial charge in [-0.25, -0.2) is 4.98 Å². The summed E-state index contributed by atoms with van der Waals surface area (Å²) in [6.45, 7) is 7.16. The van der Waals surface area contributed by atoms with Gasteiger partial charge in [0.25, 0.3) is 11.5 Å². The Kier molecular flexibility index (Phi) is 6.05. The SMILES string of the molecule is Cc1ccc(OC(C)(C)C(=O)NC(Cc2c[nH]c3ccccc23)c2cc(=O)[nH]c(C)n2)cc1. The van der Waals surface area contributed by atoms with Crippen LogP contribution in [0.3, 0.4) is 0 Å². The lowest BCUT2D eigenvalue weighted by Gasteiger charge is -2.28. The summed E-state index contributed by atoms with van der Waals surface area (Å²) in [7, 11) is 0. The van der Waals surface area contributed by atoms with E-state index >= 15 is 0 Å². The van der Waals surface area contributed by atoms with Gasteiger partial charge >= 0.3 is 0 Å². The minimum atomic E-state index is -1.13. The predicted octanol–water partition coefficient (Wildman–Crippen LogP) is 4.13. The van der Waals surface area contributed by atoms with E-state index in [1.165, 1.54) is 6.07 Å². The molecule has 0 saturated heterocycles. The number of hydrogen-bond acceptors (Lipinski definition) is 4. The van der Waals surface area contributed by atoms with Gasteiger partial charge in [0.15, 0.2) is 5.60 Å². The largest absolute Gasteiger partial charge is 0.478 e. The van der Waals surface area contributed by atoms with Crippen molar-refractivity contribution < 1.29 is 9.53 Å². The topological polar surface area (TPSA) is 99.9 Å². The van der Waals surface area contributed by atoms with Crippen molar-refractivity contribution in [3.63, 3.8) is 0 Å². The zero-order valence-electron chi connectivity index (χ0n) is 19.2. The molecule has 4 aromatic rings. The summed E-state index contributed by atoms with van der Waals surface area (Å²) in [6.07, 6.45) is 2.39. The fourth-order valence-electron chi connectivity index (χ4n) is 3.81. The summed E-state index contributed by atoms with van der Waals surface area (Å²) in [4.78, 5) is 35.9. The second-order valence-electron chi connectivity index (χ2n) is 8.77. The van der Waals surface area contributed by atoms with E-state index in [9.17, 15) is 9.59 Å². The molecule has 1 atom stereocenters. The average molecular weight is 445 g/mol. The molecular weight excluding hydrogens is 416 g/mol. The van der Waals surface area contributed by atoms with Crippen molar-refractivity contribution in [3.05, 3.63) is 93.8 Å². The molecule has 1 amide bonds. The number of hydrogen-bond donors (Lipinski definition) is 3. The van der Waals surface area contributed by atoms with E-state index in [1.807, 2.05) is 61.7 Å². The molecule has 2 aromatic heterocycles. The maximum atomic E-state index is 13.3. The van der Waals surface area contributed by atoms with Gasteiger partial charge in [0, 0.05) is 29.6 Å². The van der Waals surface area contributed by atoms with Gasteiger partial charge in [-0.15, -0.1) is 0 Å². The Balaban J connectivity index is 1.63. The van der Waals surface area contributed by atoms with E-state index < -0.39 is 11.6 Å². The van der Waals surface area contributed by atoms with E-state index in [2.05, 4.69) is 20.3 Å². The zero-order chi connectivity index (χ0) is 23.6. The highest BCUT2D eigenvalue weighted by atomic mass is 16.5. The number of nitrogens with one attached hydrogen (secondary N) is 3. The quantitative estimate of drug-likeness (QED) is 0.399. The smallest absolute Gasteiger partial charge is 0.264 e. The number of aromatic nitrogens is 3. The van der Waals surface area contributed by atoms with Crippen LogP contribution in [0.4, 0.5) is 0 Å². The third kappa shape index (κ3) is 5.14. The molecule has 1 unspecified atom stereocenters. The van der Waals surface area contributed by atoms with Crippen molar-refractivity contribution >= 4 is 16.8 Å². The number of nitrogens with zero attached hydrogens (tertiary/aromatic N) is 1. The zero-order valence-corrected chi connectivity index (χ0v) is 19.2. The molecule has 170 valence electrons. The molecule has 0 bridgehead atoms. The highest BCUT2D eigenvalue weighted by molar-refractivity contribution is 5.86. The first kappa shape index (κ1) is 22.3. The highest BCUT2D eigenvalue weighted by Crippen LogP contribution is 2.25. The van der Waals surface area contributed by atoms with E-state index in [0.29, 0.717) is 23.7 Å². The maximum Gasteiger partial charge on any atom is 0.264 e. The van der Waals surface area contributed by atoms with Gasteiger partial charge in [-0.3, -0.25) is 9.59 Å². The Morgan fingerprint density at radius 2 is 1.85 bits per heavy atom. The van der Waals surface area contributed by atoms with Gasteiger partial charge < -0.3 is 20.0 Å². The maximum absolute atomic E-state index is 13.3. The van der Waals surface area contributed by atoms with Crippen molar-refractivity contribution in [3.8, 4) is 5.75 Å². The van der Waals surface area contributed by atoms with E-state index in [0.717, 1.165) is 22.0 Å². The van der Waals surface area contributed by atoms with Crippen molar-refractivity contribution in [2.75, 3.05) is 0 Å². The number of benzene rings is 2. The third-order valence-electron chi connectivity index (χ3n) is 5.58. The lowest BCUT2D eigenvalue weighted by molar-refractivity contribution is -0.135. The molecule has 4 rings (SSSR count). The van der Waals surface area contributed by atoms with Crippen LogP contribution in [-0.4, -0.2) is 26.5 Å². The minimum Gasteiger partial charge on any atom is -0.478 e. The molecule has 0 aliphatic carbocycles. The Bertz CT molecular complexity index is 1340. The van der Waals surface area contributed by atoms with Crippen molar-refractivity contribution in [2.45, 2.75) is 45.8 Å². The predicted molar refractivity (Wildman–Crippen MR) is 128 cm³/mol. The summed E-state index contributed by atoms with van der Waals surface area (Å²) in [5.74, 6) is 0.803. The number of fused-ring (bicyclic) bond motifs is 1. The first-order chi connectivity index (χ1) is 15.7. The van der Waals surface area contributed by atoms with Crippen LogP contribution in [0.2, 0.25) is 0 Å². The summed E-state index contributed by atoms with van der Waals surface area (Å²) in [5, 5.41) is 4.13. The minimum absolute atomic E-state index is 0.258. The standard InChI is InChI=1S/C26H28N4O3/c1-16-9-11-19(12-10-16)33-26(3,4)25(32)30-22(23-14-24(31)29-17(2)28-23)13-18-15-27-21-8-6-5-7-20(18)21/h5-12,14-15,22,27H,13H2,1-4H3,(H,30,32)(H,28,29,31). The van der Waals surface area contributed by atoms with E-state index in [1.54, 1.807) is 20.8 Å². The normalized spacial score (nSPS) is 12.5. The lowest BCUT2D eigenvalue weighted by Crippen LogP contribution is -2.48. The van der Waals surface area contributed by atoms with Crippen LogP contribution in [0.15, 0.2) is 65.6 Å². The van der Waals surface area contributed by atoms with E-state index in [4.69, 9.17) is 4.74 Å². The van der Waals surface area contributed by atoms with Crippen LogP contribution in [0.5, 0.6) is 5.75 Å². The van der Waals surface area contributed by atoms with Gasteiger partial charge in [0.05, 0.1) is 11.7 Å². The summed E-state index contributed by atoms with van der Waals surface area (Å²) >= 11 is 0. The van der Waals surface area contributed by atoms with Gasteiger partial charge in [-0.2, -0.15) is 0 Å². The average Bonchev–Trinajstić information content (AvgIpc) is 3.17. The number of aromatic amines is 2. The van der Waals surface area contributed by atoms with Crippen LogP contribution in [0, 0.1) is 13.8 Å². The first-order valence-corrected chi connectivity index (χ1v) is 10.9. The Labute approximate surface area is 192 Å².